The lowest BCUT2D eigenvalue weighted by atomic mass is 9.61. The predicted molar refractivity (Wildman–Crippen MR) is 67.7 cm³/mol. The Kier molecular flexibility index (Phi) is 4.42. The van der Waals surface area contributed by atoms with Gasteiger partial charge >= 0.3 is 0 Å². The predicted octanol–water partition coefficient (Wildman–Crippen LogP) is 1.42. The Morgan fingerprint density at radius 1 is 1.35 bits per heavy atom. The maximum Gasteiger partial charge on any atom is 0.0659 e. The SMILES string of the molecule is CCOC1CC(NN2CCOCC2)C1(C)CC. The first-order valence-electron chi connectivity index (χ1n) is 6.91. The van der Waals surface area contributed by atoms with Gasteiger partial charge in [-0.1, -0.05) is 13.8 Å². The summed E-state index contributed by atoms with van der Waals surface area (Å²) in [6.45, 7) is 11.2. The van der Waals surface area contributed by atoms with Crippen molar-refractivity contribution in [1.82, 2.24) is 10.4 Å². The number of hydrazine groups is 1. The van der Waals surface area contributed by atoms with Crippen LogP contribution in [-0.2, 0) is 9.47 Å². The van der Waals surface area contributed by atoms with E-state index in [1.165, 1.54) is 6.42 Å². The molecule has 1 saturated heterocycles. The highest BCUT2D eigenvalue weighted by Gasteiger charge is 2.51. The van der Waals surface area contributed by atoms with E-state index >= 15 is 0 Å². The van der Waals surface area contributed by atoms with E-state index in [1.807, 2.05) is 0 Å². The van der Waals surface area contributed by atoms with E-state index in [0.29, 0.717) is 12.1 Å². The standard InChI is InChI=1S/C13H26N2O2/c1-4-13(3)11(10-12(13)17-5-2)14-15-6-8-16-9-7-15/h11-12,14H,4-10H2,1-3H3. The van der Waals surface area contributed by atoms with Gasteiger partial charge in [-0.05, 0) is 19.8 Å². The summed E-state index contributed by atoms with van der Waals surface area (Å²) < 4.78 is 11.2. The largest absolute Gasteiger partial charge is 0.379 e. The summed E-state index contributed by atoms with van der Waals surface area (Å²) in [4.78, 5) is 0. The van der Waals surface area contributed by atoms with E-state index in [0.717, 1.165) is 39.3 Å². The van der Waals surface area contributed by atoms with E-state index in [4.69, 9.17) is 9.47 Å². The summed E-state index contributed by atoms with van der Waals surface area (Å²) in [5.41, 5.74) is 3.94. The zero-order valence-corrected chi connectivity index (χ0v) is 11.4. The first-order chi connectivity index (χ1) is 8.20. The Morgan fingerprint density at radius 2 is 2.06 bits per heavy atom. The van der Waals surface area contributed by atoms with E-state index in [1.54, 1.807) is 0 Å². The Labute approximate surface area is 105 Å². The molecule has 1 saturated carbocycles. The average Bonchev–Trinajstić information content (AvgIpc) is 2.38. The van der Waals surface area contributed by atoms with Crippen LogP contribution in [0, 0.1) is 5.41 Å². The summed E-state index contributed by atoms with van der Waals surface area (Å²) in [5.74, 6) is 0. The second kappa shape index (κ2) is 5.65. The number of nitrogens with one attached hydrogen (secondary N) is 1. The van der Waals surface area contributed by atoms with Gasteiger partial charge in [-0.2, -0.15) is 0 Å². The number of morpholine rings is 1. The molecule has 1 N–H and O–H groups in total. The monoisotopic (exact) mass is 242 g/mol. The van der Waals surface area contributed by atoms with Crippen LogP contribution in [0.4, 0.5) is 0 Å². The molecule has 0 aromatic carbocycles. The molecule has 2 aliphatic rings. The minimum atomic E-state index is 0.286. The Hall–Kier alpha value is -0.160. The molecule has 100 valence electrons. The molecule has 3 unspecified atom stereocenters. The van der Waals surface area contributed by atoms with Crippen molar-refractivity contribution >= 4 is 0 Å². The molecule has 4 nitrogen and oxygen atoms in total. The van der Waals surface area contributed by atoms with E-state index in [-0.39, 0.29) is 5.41 Å². The fourth-order valence-electron chi connectivity index (χ4n) is 2.86. The van der Waals surface area contributed by atoms with Crippen LogP contribution in [-0.4, -0.2) is 50.1 Å². The second-order valence-electron chi connectivity index (χ2n) is 5.32. The summed E-state index contributed by atoms with van der Waals surface area (Å²) in [6.07, 6.45) is 2.73. The van der Waals surface area contributed by atoms with Crippen molar-refractivity contribution in [2.45, 2.75) is 45.8 Å². The first-order valence-corrected chi connectivity index (χ1v) is 6.91. The van der Waals surface area contributed by atoms with Crippen molar-refractivity contribution in [2.75, 3.05) is 32.9 Å². The lowest BCUT2D eigenvalue weighted by Crippen LogP contribution is -2.66. The molecule has 3 atom stereocenters. The highest BCUT2D eigenvalue weighted by atomic mass is 16.5. The van der Waals surface area contributed by atoms with Gasteiger partial charge in [-0.3, -0.25) is 5.43 Å². The third kappa shape index (κ3) is 2.65. The quantitative estimate of drug-likeness (QED) is 0.790. The molecule has 17 heavy (non-hydrogen) atoms. The third-order valence-corrected chi connectivity index (χ3v) is 4.46. The van der Waals surface area contributed by atoms with Gasteiger partial charge in [0, 0.05) is 31.2 Å². The van der Waals surface area contributed by atoms with Crippen LogP contribution in [0.1, 0.15) is 33.6 Å². The molecule has 1 aliphatic carbocycles. The molecule has 0 amide bonds. The Bertz CT molecular complexity index is 244. The molecule has 0 aromatic heterocycles. The van der Waals surface area contributed by atoms with Crippen LogP contribution < -0.4 is 5.43 Å². The van der Waals surface area contributed by atoms with Crippen molar-refractivity contribution < 1.29 is 9.47 Å². The Morgan fingerprint density at radius 3 is 2.65 bits per heavy atom. The molecular formula is C13H26N2O2. The van der Waals surface area contributed by atoms with Gasteiger partial charge in [-0.25, -0.2) is 5.01 Å². The van der Waals surface area contributed by atoms with Gasteiger partial charge < -0.3 is 9.47 Å². The number of ether oxygens (including phenoxy) is 2. The van der Waals surface area contributed by atoms with Crippen LogP contribution in [0.15, 0.2) is 0 Å². The third-order valence-electron chi connectivity index (χ3n) is 4.46. The summed E-state index contributed by atoms with van der Waals surface area (Å²) in [5, 5.41) is 2.31. The van der Waals surface area contributed by atoms with Gasteiger partial charge in [0.25, 0.3) is 0 Å². The lowest BCUT2D eigenvalue weighted by molar-refractivity contribution is -0.147. The van der Waals surface area contributed by atoms with Gasteiger partial charge in [0.1, 0.15) is 0 Å². The van der Waals surface area contributed by atoms with Crippen molar-refractivity contribution in [3.05, 3.63) is 0 Å². The zero-order valence-electron chi connectivity index (χ0n) is 11.4. The maximum atomic E-state index is 5.82. The number of rotatable bonds is 5. The second-order valence-corrected chi connectivity index (χ2v) is 5.32. The summed E-state index contributed by atoms with van der Waals surface area (Å²) >= 11 is 0. The van der Waals surface area contributed by atoms with Crippen LogP contribution >= 0.6 is 0 Å². The number of hydrogen-bond acceptors (Lipinski definition) is 4. The lowest BCUT2D eigenvalue weighted by Gasteiger charge is -2.55. The van der Waals surface area contributed by atoms with Crippen LogP contribution in [0.25, 0.3) is 0 Å². The van der Waals surface area contributed by atoms with Crippen molar-refractivity contribution in [2.24, 2.45) is 5.41 Å². The molecule has 2 rings (SSSR count). The van der Waals surface area contributed by atoms with Gasteiger partial charge in [0.15, 0.2) is 0 Å². The molecule has 0 bridgehead atoms. The first kappa shape index (κ1) is 13.3. The van der Waals surface area contributed by atoms with E-state index in [9.17, 15) is 0 Å². The summed E-state index contributed by atoms with van der Waals surface area (Å²) in [7, 11) is 0. The van der Waals surface area contributed by atoms with Crippen molar-refractivity contribution in [3.63, 3.8) is 0 Å². The normalized spacial score (nSPS) is 39.0. The molecule has 2 fully saturated rings. The fraction of sp³-hybridized carbons (Fsp3) is 1.00. The number of nitrogens with zero attached hydrogens (tertiary/aromatic N) is 1. The average molecular weight is 242 g/mol. The Balaban J connectivity index is 1.85. The topological polar surface area (TPSA) is 33.7 Å². The highest BCUT2D eigenvalue weighted by Crippen LogP contribution is 2.45. The maximum absolute atomic E-state index is 5.82. The summed E-state index contributed by atoms with van der Waals surface area (Å²) in [6, 6.07) is 0.558. The zero-order chi connectivity index (χ0) is 12.3. The van der Waals surface area contributed by atoms with Crippen molar-refractivity contribution in [3.8, 4) is 0 Å². The molecule has 1 aliphatic heterocycles. The van der Waals surface area contributed by atoms with E-state index in [2.05, 4.69) is 31.2 Å². The van der Waals surface area contributed by atoms with Crippen LogP contribution in [0.3, 0.4) is 0 Å². The minimum absolute atomic E-state index is 0.286. The minimum Gasteiger partial charge on any atom is -0.379 e. The number of hydrogen-bond donors (Lipinski definition) is 1. The molecule has 0 radical (unpaired) electrons. The molecule has 0 spiro atoms. The van der Waals surface area contributed by atoms with Gasteiger partial charge in [0.2, 0.25) is 0 Å². The molecule has 0 aromatic rings. The fourth-order valence-corrected chi connectivity index (χ4v) is 2.86. The van der Waals surface area contributed by atoms with Gasteiger partial charge in [-0.15, -0.1) is 0 Å². The van der Waals surface area contributed by atoms with Crippen molar-refractivity contribution in [1.29, 1.82) is 0 Å². The smallest absolute Gasteiger partial charge is 0.0659 e. The molecule has 4 heteroatoms. The van der Waals surface area contributed by atoms with E-state index < -0.39 is 0 Å². The molecule has 1 heterocycles. The van der Waals surface area contributed by atoms with Crippen LogP contribution in [0.5, 0.6) is 0 Å². The molecular weight excluding hydrogens is 216 g/mol. The van der Waals surface area contributed by atoms with Crippen LogP contribution in [0.2, 0.25) is 0 Å². The van der Waals surface area contributed by atoms with Gasteiger partial charge in [0.05, 0.1) is 19.3 Å². The highest BCUT2D eigenvalue weighted by molar-refractivity contribution is 5.04.